The molecule has 1 aliphatic rings. The summed E-state index contributed by atoms with van der Waals surface area (Å²) in [7, 11) is 0. The van der Waals surface area contributed by atoms with Gasteiger partial charge in [0.25, 0.3) is 0 Å². The van der Waals surface area contributed by atoms with Crippen LogP contribution < -0.4 is 5.73 Å². The maximum Gasteiger partial charge on any atom is 0.142 e. The number of benzene rings is 3. The van der Waals surface area contributed by atoms with Gasteiger partial charge in [-0.15, -0.1) is 0 Å². The fourth-order valence-corrected chi connectivity index (χ4v) is 5.33. The quantitative estimate of drug-likeness (QED) is 0.321. The van der Waals surface area contributed by atoms with Crippen LogP contribution in [0.2, 0.25) is 10.0 Å². The first-order valence-electron chi connectivity index (χ1n) is 11.0. The van der Waals surface area contributed by atoms with E-state index in [0.717, 1.165) is 27.8 Å². The van der Waals surface area contributed by atoms with Crippen LogP contribution in [0.15, 0.2) is 78.9 Å². The molecule has 1 atom stereocenters. The minimum Gasteiger partial charge on any atom is -0.383 e. The third-order valence-corrected chi connectivity index (χ3v) is 6.87. The standard InChI is InChI=1S/C29H18Cl2N4/c30-19-11-12-20(25(31)13-19)22-14-21(17-7-3-1-4-8-17)23(15-32)28-27(22)26(18-9-5-2-6-10-18)24(16-33)29(34)35-28/h1-13,22H,14H2,(H2,34,35). The number of nitriles is 2. The van der Waals surface area contributed by atoms with Gasteiger partial charge in [-0.2, -0.15) is 10.5 Å². The molecule has 0 saturated heterocycles. The van der Waals surface area contributed by atoms with Crippen LogP contribution in [0.5, 0.6) is 0 Å². The van der Waals surface area contributed by atoms with Crippen LogP contribution in [0, 0.1) is 22.7 Å². The van der Waals surface area contributed by atoms with E-state index < -0.39 is 0 Å². The molecule has 0 radical (unpaired) electrons. The summed E-state index contributed by atoms with van der Waals surface area (Å²) in [6.45, 7) is 0. The minimum absolute atomic E-state index is 0.0908. The summed E-state index contributed by atoms with van der Waals surface area (Å²) in [5, 5.41) is 21.4. The third-order valence-electron chi connectivity index (χ3n) is 6.30. The molecule has 0 amide bonds. The molecule has 3 aromatic carbocycles. The second-order valence-electron chi connectivity index (χ2n) is 8.24. The molecule has 4 nitrogen and oxygen atoms in total. The largest absolute Gasteiger partial charge is 0.383 e. The zero-order valence-electron chi connectivity index (χ0n) is 18.5. The summed E-state index contributed by atoms with van der Waals surface area (Å²) < 4.78 is 0. The smallest absolute Gasteiger partial charge is 0.142 e. The van der Waals surface area contributed by atoms with Gasteiger partial charge in [0.05, 0.1) is 11.3 Å². The molecule has 1 aromatic heterocycles. The van der Waals surface area contributed by atoms with Crippen LogP contribution in [-0.2, 0) is 0 Å². The lowest BCUT2D eigenvalue weighted by Crippen LogP contribution is -2.17. The predicted molar refractivity (Wildman–Crippen MR) is 141 cm³/mol. The number of halogens is 2. The zero-order valence-corrected chi connectivity index (χ0v) is 20.0. The number of pyridine rings is 1. The fraction of sp³-hybridized carbons (Fsp3) is 0.0690. The number of nitrogens with zero attached hydrogens (tertiary/aromatic N) is 3. The van der Waals surface area contributed by atoms with Crippen molar-refractivity contribution in [2.24, 2.45) is 0 Å². The Hall–Kier alpha value is -4.09. The molecule has 0 spiro atoms. The van der Waals surface area contributed by atoms with Crippen molar-refractivity contribution in [3.05, 3.63) is 117 Å². The van der Waals surface area contributed by atoms with E-state index >= 15 is 0 Å². The summed E-state index contributed by atoms with van der Waals surface area (Å²) in [5.74, 6) is -0.189. The van der Waals surface area contributed by atoms with Gasteiger partial charge in [-0.1, -0.05) is 89.9 Å². The van der Waals surface area contributed by atoms with Crippen LogP contribution >= 0.6 is 23.2 Å². The molecule has 168 valence electrons. The topological polar surface area (TPSA) is 86.5 Å². The summed E-state index contributed by atoms with van der Waals surface area (Å²) in [5.41, 5.74) is 12.4. The van der Waals surface area contributed by atoms with Gasteiger partial charge >= 0.3 is 0 Å². The van der Waals surface area contributed by atoms with Crippen molar-refractivity contribution in [1.82, 2.24) is 4.98 Å². The number of fused-ring (bicyclic) bond motifs is 1. The van der Waals surface area contributed by atoms with Crippen molar-refractivity contribution in [2.45, 2.75) is 12.3 Å². The SMILES string of the molecule is N#CC1=C(c2ccccc2)CC(c2ccc(Cl)cc2Cl)c2c1nc(N)c(C#N)c2-c1ccccc1. The van der Waals surface area contributed by atoms with Gasteiger partial charge < -0.3 is 5.73 Å². The van der Waals surface area contributed by atoms with Crippen molar-refractivity contribution in [3.63, 3.8) is 0 Å². The van der Waals surface area contributed by atoms with Gasteiger partial charge in [0.15, 0.2) is 0 Å². The highest BCUT2D eigenvalue weighted by Gasteiger charge is 2.35. The Morgan fingerprint density at radius 2 is 1.51 bits per heavy atom. The summed E-state index contributed by atoms with van der Waals surface area (Å²) in [6.07, 6.45) is 0.498. The van der Waals surface area contributed by atoms with E-state index in [4.69, 9.17) is 28.9 Å². The van der Waals surface area contributed by atoms with Crippen molar-refractivity contribution >= 4 is 40.2 Å². The fourth-order valence-electron chi connectivity index (χ4n) is 4.79. The van der Waals surface area contributed by atoms with E-state index in [1.165, 1.54) is 0 Å². The Bertz CT molecular complexity index is 1560. The second kappa shape index (κ2) is 9.28. The Morgan fingerprint density at radius 1 is 0.857 bits per heavy atom. The molecule has 1 heterocycles. The highest BCUT2D eigenvalue weighted by atomic mass is 35.5. The van der Waals surface area contributed by atoms with Crippen molar-refractivity contribution in [2.75, 3.05) is 5.73 Å². The van der Waals surface area contributed by atoms with Gasteiger partial charge in [0.2, 0.25) is 0 Å². The number of aromatic nitrogens is 1. The Labute approximate surface area is 213 Å². The molecule has 5 rings (SSSR count). The van der Waals surface area contributed by atoms with Crippen LogP contribution in [-0.4, -0.2) is 4.98 Å². The summed E-state index contributed by atoms with van der Waals surface area (Å²) in [4.78, 5) is 4.63. The first kappa shape index (κ1) is 22.7. The lowest BCUT2D eigenvalue weighted by atomic mass is 9.73. The molecule has 0 aliphatic heterocycles. The van der Waals surface area contributed by atoms with Gasteiger partial charge in [0.1, 0.15) is 23.5 Å². The average molecular weight is 493 g/mol. The van der Waals surface area contributed by atoms with Gasteiger partial charge in [-0.3, -0.25) is 0 Å². The highest BCUT2D eigenvalue weighted by molar-refractivity contribution is 6.35. The number of nitrogens with two attached hydrogens (primary N) is 1. The number of allylic oxidation sites excluding steroid dienone is 2. The van der Waals surface area contributed by atoms with E-state index in [2.05, 4.69) is 17.1 Å². The number of hydrogen-bond acceptors (Lipinski definition) is 4. The molecule has 2 N–H and O–H groups in total. The molecule has 35 heavy (non-hydrogen) atoms. The van der Waals surface area contributed by atoms with Crippen LogP contribution in [0.25, 0.3) is 22.3 Å². The molecular formula is C29H18Cl2N4. The molecule has 6 heteroatoms. The molecule has 4 aromatic rings. The zero-order chi connectivity index (χ0) is 24.5. The van der Waals surface area contributed by atoms with E-state index in [0.29, 0.717) is 33.3 Å². The van der Waals surface area contributed by atoms with Crippen molar-refractivity contribution < 1.29 is 0 Å². The summed E-state index contributed by atoms with van der Waals surface area (Å²) >= 11 is 12.9. The predicted octanol–water partition coefficient (Wildman–Crippen LogP) is 7.48. The number of hydrogen-bond donors (Lipinski definition) is 1. The van der Waals surface area contributed by atoms with Gasteiger partial charge in [0, 0.05) is 21.5 Å². The third kappa shape index (κ3) is 3.94. The average Bonchev–Trinajstić information content (AvgIpc) is 2.88. The first-order chi connectivity index (χ1) is 17.0. The van der Waals surface area contributed by atoms with Gasteiger partial charge in [-0.25, -0.2) is 4.98 Å². The highest BCUT2D eigenvalue weighted by Crippen LogP contribution is 2.51. The Balaban J connectivity index is 1.93. The maximum atomic E-state index is 10.3. The second-order valence-corrected chi connectivity index (χ2v) is 9.08. The number of nitrogen functional groups attached to an aromatic ring is 1. The van der Waals surface area contributed by atoms with E-state index in [9.17, 15) is 10.5 Å². The summed E-state index contributed by atoms with van der Waals surface area (Å²) in [6, 6.07) is 29.4. The van der Waals surface area contributed by atoms with Crippen LogP contribution in [0.4, 0.5) is 5.82 Å². The minimum atomic E-state index is -0.280. The Kier molecular flexibility index (Phi) is 6.01. The molecule has 1 aliphatic carbocycles. The normalized spacial score (nSPS) is 14.7. The van der Waals surface area contributed by atoms with Crippen LogP contribution in [0.3, 0.4) is 0 Å². The van der Waals surface area contributed by atoms with E-state index in [1.807, 2.05) is 66.7 Å². The maximum absolute atomic E-state index is 10.3. The van der Waals surface area contributed by atoms with Crippen molar-refractivity contribution in [1.29, 1.82) is 10.5 Å². The van der Waals surface area contributed by atoms with Crippen LogP contribution in [0.1, 0.15) is 40.3 Å². The van der Waals surface area contributed by atoms with E-state index in [-0.39, 0.29) is 17.3 Å². The number of rotatable bonds is 3. The first-order valence-corrected chi connectivity index (χ1v) is 11.7. The molecular weight excluding hydrogens is 475 g/mol. The monoisotopic (exact) mass is 492 g/mol. The lowest BCUT2D eigenvalue weighted by molar-refractivity contribution is 0.821. The molecule has 0 bridgehead atoms. The molecule has 0 fully saturated rings. The molecule has 1 unspecified atom stereocenters. The number of anilines is 1. The Morgan fingerprint density at radius 3 is 2.11 bits per heavy atom. The van der Waals surface area contributed by atoms with Crippen molar-refractivity contribution in [3.8, 4) is 23.3 Å². The van der Waals surface area contributed by atoms with Gasteiger partial charge in [-0.05, 0) is 46.4 Å². The molecule has 0 saturated carbocycles. The van der Waals surface area contributed by atoms with E-state index in [1.54, 1.807) is 12.1 Å². The lowest BCUT2D eigenvalue weighted by Gasteiger charge is -2.31.